The van der Waals surface area contributed by atoms with Crippen LogP contribution in [0.3, 0.4) is 0 Å². The third-order valence-electron chi connectivity index (χ3n) is 2.02. The van der Waals surface area contributed by atoms with E-state index in [0.29, 0.717) is 11.2 Å². The van der Waals surface area contributed by atoms with Crippen molar-refractivity contribution >= 4 is 23.0 Å². The molecule has 1 rings (SSSR count). The average molecular weight is 223 g/mol. The molecular formula is C11H17N3S. The Morgan fingerprint density at radius 1 is 1.60 bits per heavy atom. The fraction of sp³-hybridized carbons (Fsp3) is 0.455. The van der Waals surface area contributed by atoms with Crippen LogP contribution in [0.5, 0.6) is 0 Å². The van der Waals surface area contributed by atoms with E-state index >= 15 is 0 Å². The molecule has 1 heterocycles. The van der Waals surface area contributed by atoms with E-state index in [1.165, 1.54) is 0 Å². The van der Waals surface area contributed by atoms with E-state index in [-0.39, 0.29) is 0 Å². The first-order valence-electron chi connectivity index (χ1n) is 5.20. The highest BCUT2D eigenvalue weighted by Gasteiger charge is 2.02. The van der Waals surface area contributed by atoms with E-state index < -0.39 is 0 Å². The monoisotopic (exact) mass is 223 g/mol. The maximum absolute atomic E-state index is 5.18. The third kappa shape index (κ3) is 4.74. The summed E-state index contributed by atoms with van der Waals surface area (Å²) in [4.78, 5) is 4.00. The van der Waals surface area contributed by atoms with Crippen LogP contribution >= 0.6 is 12.2 Å². The Hall–Kier alpha value is -1.16. The van der Waals surface area contributed by atoms with Crippen LogP contribution in [0.2, 0.25) is 0 Å². The lowest BCUT2D eigenvalue weighted by atomic mass is 10.2. The number of nitrogens with zero attached hydrogens (tertiary/aromatic N) is 1. The number of hydrogen-bond donors (Lipinski definition) is 2. The van der Waals surface area contributed by atoms with Gasteiger partial charge >= 0.3 is 0 Å². The molecule has 0 spiro atoms. The average Bonchev–Trinajstić information content (AvgIpc) is 2.19. The lowest BCUT2D eigenvalue weighted by Crippen LogP contribution is -2.35. The highest BCUT2D eigenvalue weighted by molar-refractivity contribution is 7.80. The summed E-state index contributed by atoms with van der Waals surface area (Å²) in [6.45, 7) is 4.29. The summed E-state index contributed by atoms with van der Waals surface area (Å²) in [6, 6.07) is 4.22. The molecule has 15 heavy (non-hydrogen) atoms. The zero-order chi connectivity index (χ0) is 11.1. The van der Waals surface area contributed by atoms with E-state index in [2.05, 4.69) is 29.5 Å². The van der Waals surface area contributed by atoms with Gasteiger partial charge in [0.05, 0.1) is 11.9 Å². The van der Waals surface area contributed by atoms with E-state index in [9.17, 15) is 0 Å². The summed E-state index contributed by atoms with van der Waals surface area (Å²) in [5, 5.41) is 6.97. The van der Waals surface area contributed by atoms with Gasteiger partial charge in [-0.15, -0.1) is 0 Å². The number of hydrogen-bond acceptors (Lipinski definition) is 2. The molecule has 1 aromatic rings. The Kier molecular flexibility index (Phi) is 5.04. The molecule has 0 aliphatic rings. The smallest absolute Gasteiger partial charge is 0.171 e. The van der Waals surface area contributed by atoms with Gasteiger partial charge in [0.25, 0.3) is 0 Å². The molecule has 0 aromatic carbocycles. The number of pyridine rings is 1. The van der Waals surface area contributed by atoms with Crippen molar-refractivity contribution in [2.75, 3.05) is 5.32 Å². The first-order valence-corrected chi connectivity index (χ1v) is 5.60. The molecular weight excluding hydrogens is 206 g/mol. The molecule has 0 saturated carbocycles. The zero-order valence-electron chi connectivity index (χ0n) is 9.16. The van der Waals surface area contributed by atoms with Crippen LogP contribution in [0.25, 0.3) is 0 Å². The third-order valence-corrected chi connectivity index (χ3v) is 2.24. The van der Waals surface area contributed by atoms with Crippen LogP contribution < -0.4 is 10.6 Å². The van der Waals surface area contributed by atoms with Gasteiger partial charge in [-0.3, -0.25) is 4.98 Å². The van der Waals surface area contributed by atoms with Crippen molar-refractivity contribution in [1.82, 2.24) is 10.3 Å². The Morgan fingerprint density at radius 2 is 2.40 bits per heavy atom. The Labute approximate surface area is 96.3 Å². The first-order chi connectivity index (χ1) is 7.22. The summed E-state index contributed by atoms with van der Waals surface area (Å²) in [5.41, 5.74) is 0.915. The van der Waals surface area contributed by atoms with Crippen molar-refractivity contribution in [1.29, 1.82) is 0 Å². The highest BCUT2D eigenvalue weighted by Crippen LogP contribution is 2.03. The van der Waals surface area contributed by atoms with Gasteiger partial charge in [0, 0.05) is 12.2 Å². The molecule has 1 unspecified atom stereocenters. The van der Waals surface area contributed by atoms with Crippen molar-refractivity contribution in [2.24, 2.45) is 0 Å². The summed E-state index contributed by atoms with van der Waals surface area (Å²) < 4.78 is 0. The van der Waals surface area contributed by atoms with Crippen molar-refractivity contribution in [3.05, 3.63) is 24.5 Å². The molecule has 1 aromatic heterocycles. The van der Waals surface area contributed by atoms with E-state index in [0.717, 1.165) is 18.5 Å². The second kappa shape index (κ2) is 6.35. The SMILES string of the molecule is CCCC(C)NC(=S)Nc1cccnc1. The van der Waals surface area contributed by atoms with Gasteiger partial charge in [-0.25, -0.2) is 0 Å². The highest BCUT2D eigenvalue weighted by atomic mass is 32.1. The minimum absolute atomic E-state index is 0.409. The van der Waals surface area contributed by atoms with Gasteiger partial charge < -0.3 is 10.6 Å². The predicted octanol–water partition coefficient (Wildman–Crippen LogP) is 2.56. The summed E-state index contributed by atoms with van der Waals surface area (Å²) >= 11 is 5.18. The number of anilines is 1. The van der Waals surface area contributed by atoms with Crippen LogP contribution in [0.4, 0.5) is 5.69 Å². The van der Waals surface area contributed by atoms with Gasteiger partial charge in [-0.2, -0.15) is 0 Å². The molecule has 82 valence electrons. The molecule has 0 bridgehead atoms. The number of rotatable bonds is 4. The van der Waals surface area contributed by atoms with Crippen molar-refractivity contribution < 1.29 is 0 Å². The van der Waals surface area contributed by atoms with Crippen LogP contribution in [0.15, 0.2) is 24.5 Å². The molecule has 0 amide bonds. The van der Waals surface area contributed by atoms with Gasteiger partial charge in [-0.05, 0) is 37.7 Å². The Bertz CT molecular complexity index is 300. The van der Waals surface area contributed by atoms with Crippen LogP contribution in [0.1, 0.15) is 26.7 Å². The van der Waals surface area contributed by atoms with E-state index in [1.54, 1.807) is 12.4 Å². The molecule has 4 heteroatoms. The fourth-order valence-corrected chi connectivity index (χ4v) is 1.65. The van der Waals surface area contributed by atoms with Crippen LogP contribution in [-0.2, 0) is 0 Å². The molecule has 0 saturated heterocycles. The van der Waals surface area contributed by atoms with Crippen LogP contribution in [0, 0.1) is 0 Å². The minimum Gasteiger partial charge on any atom is -0.360 e. The second-order valence-electron chi connectivity index (χ2n) is 3.53. The van der Waals surface area contributed by atoms with Gasteiger partial charge in [0.1, 0.15) is 0 Å². The number of aromatic nitrogens is 1. The lowest BCUT2D eigenvalue weighted by Gasteiger charge is -2.15. The molecule has 2 N–H and O–H groups in total. The molecule has 0 aliphatic carbocycles. The Balaban J connectivity index is 2.36. The largest absolute Gasteiger partial charge is 0.360 e. The van der Waals surface area contributed by atoms with Gasteiger partial charge in [-0.1, -0.05) is 13.3 Å². The molecule has 1 atom stereocenters. The van der Waals surface area contributed by atoms with Crippen LogP contribution in [-0.4, -0.2) is 16.1 Å². The van der Waals surface area contributed by atoms with Gasteiger partial charge in [0.2, 0.25) is 0 Å². The fourth-order valence-electron chi connectivity index (χ4n) is 1.33. The first kappa shape index (κ1) is 11.9. The lowest BCUT2D eigenvalue weighted by molar-refractivity contribution is 0.599. The predicted molar refractivity (Wildman–Crippen MR) is 68.0 cm³/mol. The second-order valence-corrected chi connectivity index (χ2v) is 3.94. The van der Waals surface area contributed by atoms with Crippen molar-refractivity contribution in [3.63, 3.8) is 0 Å². The van der Waals surface area contributed by atoms with Crippen molar-refractivity contribution in [3.8, 4) is 0 Å². The summed E-state index contributed by atoms with van der Waals surface area (Å²) in [6.07, 6.45) is 5.76. The maximum atomic E-state index is 5.18. The minimum atomic E-state index is 0.409. The molecule has 0 fully saturated rings. The standard InChI is InChI=1S/C11H17N3S/c1-3-5-9(2)13-11(15)14-10-6-4-7-12-8-10/h4,6-9H,3,5H2,1-2H3,(H2,13,14,15). The van der Waals surface area contributed by atoms with E-state index in [1.807, 2.05) is 12.1 Å². The normalized spacial score (nSPS) is 11.9. The topological polar surface area (TPSA) is 37.0 Å². The quantitative estimate of drug-likeness (QED) is 0.769. The Morgan fingerprint density at radius 3 is 3.00 bits per heavy atom. The maximum Gasteiger partial charge on any atom is 0.171 e. The molecule has 0 aliphatic heterocycles. The summed E-state index contributed by atoms with van der Waals surface area (Å²) in [5.74, 6) is 0. The molecule has 3 nitrogen and oxygen atoms in total. The van der Waals surface area contributed by atoms with Gasteiger partial charge in [0.15, 0.2) is 5.11 Å². The number of thiocarbonyl (C=S) groups is 1. The zero-order valence-corrected chi connectivity index (χ0v) is 9.97. The van der Waals surface area contributed by atoms with Crippen molar-refractivity contribution in [2.45, 2.75) is 32.7 Å². The molecule has 0 radical (unpaired) electrons. The van der Waals surface area contributed by atoms with E-state index in [4.69, 9.17) is 12.2 Å². The number of nitrogens with one attached hydrogen (secondary N) is 2. The summed E-state index contributed by atoms with van der Waals surface area (Å²) in [7, 11) is 0.